The number of guanidine groups is 1. The maximum absolute atomic E-state index is 12.5. The lowest BCUT2D eigenvalue weighted by Crippen LogP contribution is -2.23. The molecule has 7 nitrogen and oxygen atoms in total. The van der Waals surface area contributed by atoms with Gasteiger partial charge in [-0.15, -0.1) is 0 Å². The molecule has 0 aliphatic carbocycles. The Balaban J connectivity index is 1.42. The summed E-state index contributed by atoms with van der Waals surface area (Å²) in [5.41, 5.74) is 5.85. The van der Waals surface area contributed by atoms with Gasteiger partial charge in [0.25, 0.3) is 0 Å². The second kappa shape index (κ2) is 9.35. The Bertz CT molecular complexity index is 841. The number of rotatable bonds is 6. The first kappa shape index (κ1) is 20.6. The first-order valence-corrected chi connectivity index (χ1v) is 9.15. The van der Waals surface area contributed by atoms with E-state index in [1.165, 1.54) is 6.07 Å². The monoisotopic (exact) mass is 409 g/mol. The Labute approximate surface area is 166 Å². The number of nitrogens with zero attached hydrogens (tertiary/aromatic N) is 2. The van der Waals surface area contributed by atoms with Gasteiger partial charge in [0.1, 0.15) is 5.82 Å². The van der Waals surface area contributed by atoms with E-state index in [0.717, 1.165) is 24.4 Å². The molecule has 0 fully saturated rings. The van der Waals surface area contributed by atoms with Gasteiger partial charge in [0.15, 0.2) is 17.5 Å². The van der Waals surface area contributed by atoms with Crippen molar-refractivity contribution >= 4 is 17.5 Å². The van der Waals surface area contributed by atoms with E-state index in [-0.39, 0.29) is 5.96 Å². The third-order valence-corrected chi connectivity index (χ3v) is 4.03. The van der Waals surface area contributed by atoms with E-state index >= 15 is 0 Å². The van der Waals surface area contributed by atoms with Gasteiger partial charge in [0, 0.05) is 37.5 Å². The minimum absolute atomic E-state index is 0.257. The number of nitrogens with one attached hydrogen (secondary N) is 2. The molecule has 1 aromatic carbocycles. The molecule has 2 aromatic rings. The topological polar surface area (TPSA) is 93.8 Å². The van der Waals surface area contributed by atoms with Crippen LogP contribution in [0.25, 0.3) is 0 Å². The van der Waals surface area contributed by atoms with E-state index in [2.05, 4.69) is 20.6 Å². The molecule has 0 saturated heterocycles. The van der Waals surface area contributed by atoms with Gasteiger partial charge >= 0.3 is 6.18 Å². The van der Waals surface area contributed by atoms with Crippen molar-refractivity contribution in [3.63, 3.8) is 0 Å². The first-order chi connectivity index (χ1) is 13.9. The normalized spacial score (nSPS) is 14.2. The van der Waals surface area contributed by atoms with Gasteiger partial charge in [-0.3, -0.25) is 4.99 Å². The van der Waals surface area contributed by atoms with Crippen LogP contribution in [-0.4, -0.2) is 37.2 Å². The molecule has 156 valence electrons. The van der Waals surface area contributed by atoms with E-state index in [1.54, 1.807) is 6.07 Å². The second-order valence-corrected chi connectivity index (χ2v) is 6.31. The van der Waals surface area contributed by atoms with E-state index in [1.807, 2.05) is 12.1 Å². The zero-order valence-electron chi connectivity index (χ0n) is 15.6. The maximum atomic E-state index is 12.5. The summed E-state index contributed by atoms with van der Waals surface area (Å²) in [4.78, 5) is 7.98. The number of pyridine rings is 1. The van der Waals surface area contributed by atoms with Crippen LogP contribution in [0.2, 0.25) is 0 Å². The highest BCUT2D eigenvalue weighted by molar-refractivity contribution is 5.92. The lowest BCUT2D eigenvalue weighted by Gasteiger charge is -2.11. The van der Waals surface area contributed by atoms with Gasteiger partial charge in [-0.2, -0.15) is 13.2 Å². The smallest absolute Gasteiger partial charge is 0.417 e. The zero-order valence-corrected chi connectivity index (χ0v) is 15.6. The Hall–Kier alpha value is -3.17. The summed E-state index contributed by atoms with van der Waals surface area (Å²) in [6.07, 6.45) is -2.12. The van der Waals surface area contributed by atoms with Crippen LogP contribution >= 0.6 is 0 Å². The number of hydrogen-bond acceptors (Lipinski definition) is 5. The third kappa shape index (κ3) is 6.16. The Morgan fingerprint density at radius 1 is 1.14 bits per heavy atom. The van der Waals surface area contributed by atoms with Crippen LogP contribution in [0.4, 0.5) is 24.7 Å². The molecule has 0 saturated carbocycles. The van der Waals surface area contributed by atoms with Crippen LogP contribution in [0.15, 0.2) is 41.5 Å². The molecule has 0 radical (unpaired) electrons. The predicted octanol–water partition coefficient (Wildman–Crippen LogP) is 3.49. The van der Waals surface area contributed by atoms with Crippen molar-refractivity contribution in [2.45, 2.75) is 19.0 Å². The van der Waals surface area contributed by atoms with Gasteiger partial charge in [-0.1, -0.05) is 0 Å². The highest BCUT2D eigenvalue weighted by Crippen LogP contribution is 2.32. The van der Waals surface area contributed by atoms with Gasteiger partial charge < -0.3 is 25.8 Å². The number of anilines is 2. The fraction of sp³-hybridized carbons (Fsp3) is 0.368. The predicted molar refractivity (Wildman–Crippen MR) is 105 cm³/mol. The fourth-order valence-corrected chi connectivity index (χ4v) is 2.59. The molecule has 1 aliphatic heterocycles. The maximum Gasteiger partial charge on any atom is 0.417 e. The average molecular weight is 409 g/mol. The van der Waals surface area contributed by atoms with Gasteiger partial charge in [-0.05, 0) is 30.7 Å². The molecule has 29 heavy (non-hydrogen) atoms. The van der Waals surface area contributed by atoms with Crippen molar-refractivity contribution in [2.75, 3.05) is 36.9 Å². The average Bonchev–Trinajstić information content (AvgIpc) is 2.92. The lowest BCUT2D eigenvalue weighted by atomic mass is 10.3. The summed E-state index contributed by atoms with van der Waals surface area (Å²) in [6, 6.07) is 7.74. The van der Waals surface area contributed by atoms with Crippen LogP contribution in [0.5, 0.6) is 11.5 Å². The molecular weight excluding hydrogens is 387 g/mol. The van der Waals surface area contributed by atoms with Crippen LogP contribution in [0.1, 0.15) is 18.4 Å². The summed E-state index contributed by atoms with van der Waals surface area (Å²) in [5.74, 6) is 1.99. The number of halogens is 3. The number of ether oxygens (including phenoxy) is 2. The molecule has 0 atom stereocenters. The van der Waals surface area contributed by atoms with Crippen molar-refractivity contribution in [2.24, 2.45) is 10.7 Å². The van der Waals surface area contributed by atoms with Gasteiger partial charge in [-0.25, -0.2) is 4.98 Å². The fourth-order valence-electron chi connectivity index (χ4n) is 2.59. The molecular formula is C19H22F3N5O2. The summed E-state index contributed by atoms with van der Waals surface area (Å²) in [7, 11) is 0. The highest BCUT2D eigenvalue weighted by Gasteiger charge is 2.30. The quantitative estimate of drug-likeness (QED) is 0.384. The molecule has 10 heteroatoms. The molecule has 0 unspecified atom stereocenters. The van der Waals surface area contributed by atoms with Crippen LogP contribution in [0.3, 0.4) is 0 Å². The molecule has 0 bridgehead atoms. The lowest BCUT2D eigenvalue weighted by molar-refractivity contribution is -0.137. The van der Waals surface area contributed by atoms with Crippen molar-refractivity contribution < 1.29 is 22.6 Å². The largest absolute Gasteiger partial charge is 0.490 e. The third-order valence-electron chi connectivity index (χ3n) is 4.03. The van der Waals surface area contributed by atoms with Crippen LogP contribution < -0.4 is 25.8 Å². The zero-order chi connectivity index (χ0) is 20.7. The summed E-state index contributed by atoms with van der Waals surface area (Å²) >= 11 is 0. The van der Waals surface area contributed by atoms with E-state index < -0.39 is 11.7 Å². The Morgan fingerprint density at radius 3 is 2.66 bits per heavy atom. The molecule has 1 aromatic heterocycles. The van der Waals surface area contributed by atoms with E-state index in [4.69, 9.17) is 15.2 Å². The van der Waals surface area contributed by atoms with Crippen LogP contribution in [-0.2, 0) is 6.18 Å². The number of fused-ring (bicyclic) bond motifs is 1. The molecule has 0 spiro atoms. The Kier molecular flexibility index (Phi) is 6.63. The SMILES string of the molecule is NC(=NCCCNc1ccc(C(F)(F)F)cn1)Nc1ccc2c(c1)OCCCO2. The van der Waals surface area contributed by atoms with Gasteiger partial charge in [0.05, 0.1) is 18.8 Å². The number of nitrogens with two attached hydrogens (primary N) is 1. The number of alkyl halides is 3. The molecule has 3 rings (SSSR count). The minimum Gasteiger partial charge on any atom is -0.490 e. The molecule has 1 aliphatic rings. The first-order valence-electron chi connectivity index (χ1n) is 9.15. The van der Waals surface area contributed by atoms with Gasteiger partial charge in [0.2, 0.25) is 0 Å². The van der Waals surface area contributed by atoms with E-state index in [9.17, 15) is 13.2 Å². The minimum atomic E-state index is -4.39. The number of aliphatic imine (C=N–C) groups is 1. The van der Waals surface area contributed by atoms with Crippen molar-refractivity contribution in [3.05, 3.63) is 42.1 Å². The number of hydrogen-bond donors (Lipinski definition) is 3. The van der Waals surface area contributed by atoms with Crippen molar-refractivity contribution in [1.82, 2.24) is 4.98 Å². The summed E-state index contributed by atoms with van der Waals surface area (Å²) in [6.45, 7) is 2.16. The molecule has 0 amide bonds. The van der Waals surface area contributed by atoms with Crippen LogP contribution in [0, 0.1) is 0 Å². The summed E-state index contributed by atoms with van der Waals surface area (Å²) in [5, 5.41) is 5.94. The standard InChI is InChI=1S/C19H22F3N5O2/c20-19(21,22)13-3-6-17(26-12-13)24-7-1-8-25-18(23)27-14-4-5-15-16(11-14)29-10-2-9-28-15/h3-6,11-12H,1-2,7-10H2,(H,24,26)(H3,23,25,27). The van der Waals surface area contributed by atoms with E-state index in [0.29, 0.717) is 50.0 Å². The summed E-state index contributed by atoms with van der Waals surface area (Å²) < 4.78 is 48.7. The van der Waals surface area contributed by atoms with Crippen molar-refractivity contribution in [1.29, 1.82) is 0 Å². The number of benzene rings is 1. The molecule has 4 N–H and O–H groups in total. The van der Waals surface area contributed by atoms with Crippen molar-refractivity contribution in [3.8, 4) is 11.5 Å². The Morgan fingerprint density at radius 2 is 1.93 bits per heavy atom. The second-order valence-electron chi connectivity index (χ2n) is 6.31. The molecule has 2 heterocycles. The highest BCUT2D eigenvalue weighted by atomic mass is 19.4. The number of aromatic nitrogens is 1.